The molecule has 0 aliphatic carbocycles. The van der Waals surface area contributed by atoms with Crippen LogP contribution >= 0.6 is 11.8 Å². The normalized spacial score (nSPS) is 15.9. The van der Waals surface area contributed by atoms with Crippen molar-refractivity contribution in [3.8, 4) is 11.5 Å². The summed E-state index contributed by atoms with van der Waals surface area (Å²) < 4.78 is 10.4. The van der Waals surface area contributed by atoms with Gasteiger partial charge in [-0.25, -0.2) is 0 Å². The van der Waals surface area contributed by atoms with E-state index in [1.165, 1.54) is 14.2 Å². The van der Waals surface area contributed by atoms with E-state index in [0.717, 1.165) is 16.7 Å². The minimum atomic E-state index is -0.960. The predicted molar refractivity (Wildman–Crippen MR) is 89.1 cm³/mol. The molecule has 2 rings (SSSR count). The number of carbonyl (C=O) groups is 3. The highest BCUT2D eigenvalue weighted by molar-refractivity contribution is 8.18. The van der Waals surface area contributed by atoms with E-state index in [1.54, 1.807) is 24.3 Å². The number of amides is 2. The standard InChI is InChI=1S/C16H17NO6S/c1-22-11-5-6-12(23-2)10(8-11)9-13-15(20)17(16(21)24-13)7-3-4-14(18)19/h5-6,8-9H,3-4,7H2,1-2H3,(H,18,19)/b13-9+. The fourth-order valence-electron chi connectivity index (χ4n) is 2.17. The van der Waals surface area contributed by atoms with Gasteiger partial charge in [0.05, 0.1) is 19.1 Å². The van der Waals surface area contributed by atoms with Crippen LogP contribution in [0.15, 0.2) is 23.1 Å². The molecule has 128 valence electrons. The SMILES string of the molecule is COc1ccc(OC)c(/C=C2/SC(=O)N(CCCC(=O)O)C2=O)c1. The molecule has 0 unspecified atom stereocenters. The summed E-state index contributed by atoms with van der Waals surface area (Å²) in [6, 6.07) is 5.15. The Hall–Kier alpha value is -2.48. The number of carboxylic acid groups (broad SMARTS) is 1. The van der Waals surface area contributed by atoms with Crippen LogP contribution in [0.25, 0.3) is 6.08 Å². The van der Waals surface area contributed by atoms with Crippen LogP contribution in [0.1, 0.15) is 18.4 Å². The molecule has 1 aliphatic heterocycles. The summed E-state index contributed by atoms with van der Waals surface area (Å²) in [5, 5.41) is 8.24. The zero-order valence-electron chi connectivity index (χ0n) is 13.3. The molecule has 0 saturated carbocycles. The highest BCUT2D eigenvalue weighted by atomic mass is 32.2. The van der Waals surface area contributed by atoms with Crippen LogP contribution < -0.4 is 9.47 Å². The molecule has 0 aromatic heterocycles. The number of methoxy groups -OCH3 is 2. The minimum absolute atomic E-state index is 0.0869. The molecule has 7 nitrogen and oxygen atoms in total. The Kier molecular flexibility index (Phi) is 5.86. The van der Waals surface area contributed by atoms with Crippen molar-refractivity contribution in [3.63, 3.8) is 0 Å². The van der Waals surface area contributed by atoms with Crippen molar-refractivity contribution in [1.82, 2.24) is 4.90 Å². The number of ether oxygens (including phenoxy) is 2. The number of imide groups is 1. The molecule has 1 aromatic carbocycles. The largest absolute Gasteiger partial charge is 0.497 e. The van der Waals surface area contributed by atoms with Crippen LogP contribution in [0.5, 0.6) is 11.5 Å². The topological polar surface area (TPSA) is 93.1 Å². The Balaban J connectivity index is 2.20. The summed E-state index contributed by atoms with van der Waals surface area (Å²) in [6.45, 7) is 0.0869. The number of nitrogens with zero attached hydrogens (tertiary/aromatic N) is 1. The van der Waals surface area contributed by atoms with Crippen molar-refractivity contribution < 1.29 is 29.0 Å². The molecule has 0 atom stereocenters. The van der Waals surface area contributed by atoms with Gasteiger partial charge in [-0.05, 0) is 42.5 Å². The lowest BCUT2D eigenvalue weighted by atomic mass is 10.1. The first-order valence-electron chi connectivity index (χ1n) is 7.15. The lowest BCUT2D eigenvalue weighted by Gasteiger charge is -2.11. The van der Waals surface area contributed by atoms with Crippen molar-refractivity contribution in [2.75, 3.05) is 20.8 Å². The number of aliphatic carboxylic acids is 1. The van der Waals surface area contributed by atoms with Gasteiger partial charge in [0, 0.05) is 18.5 Å². The second kappa shape index (κ2) is 7.87. The van der Waals surface area contributed by atoms with Gasteiger partial charge in [0.15, 0.2) is 0 Å². The molecular weight excluding hydrogens is 334 g/mol. The summed E-state index contributed by atoms with van der Waals surface area (Å²) in [5.74, 6) is -0.241. The number of hydrogen-bond donors (Lipinski definition) is 1. The molecule has 1 heterocycles. The quantitative estimate of drug-likeness (QED) is 0.755. The fraction of sp³-hybridized carbons (Fsp3) is 0.312. The molecule has 1 fully saturated rings. The van der Waals surface area contributed by atoms with E-state index in [1.807, 2.05) is 0 Å². The van der Waals surface area contributed by atoms with E-state index >= 15 is 0 Å². The van der Waals surface area contributed by atoms with Gasteiger partial charge in [-0.2, -0.15) is 0 Å². The average molecular weight is 351 g/mol. The second-order valence-electron chi connectivity index (χ2n) is 4.94. The molecule has 1 saturated heterocycles. The highest BCUT2D eigenvalue weighted by Crippen LogP contribution is 2.35. The third-order valence-electron chi connectivity index (χ3n) is 3.37. The Morgan fingerprint density at radius 3 is 2.67 bits per heavy atom. The van der Waals surface area contributed by atoms with Gasteiger partial charge in [-0.15, -0.1) is 0 Å². The maximum atomic E-state index is 12.3. The van der Waals surface area contributed by atoms with Crippen LogP contribution in [0.4, 0.5) is 4.79 Å². The number of hydrogen-bond acceptors (Lipinski definition) is 6. The van der Waals surface area contributed by atoms with E-state index in [-0.39, 0.29) is 24.3 Å². The molecule has 1 aliphatic rings. The van der Waals surface area contributed by atoms with Crippen molar-refractivity contribution in [2.24, 2.45) is 0 Å². The summed E-state index contributed by atoms with van der Waals surface area (Å²) in [4.78, 5) is 36.2. The van der Waals surface area contributed by atoms with Crippen LogP contribution in [0.3, 0.4) is 0 Å². The zero-order valence-corrected chi connectivity index (χ0v) is 14.1. The third kappa shape index (κ3) is 4.08. The Labute approximate surface area is 143 Å². The van der Waals surface area contributed by atoms with Crippen LogP contribution in [-0.4, -0.2) is 47.9 Å². The lowest BCUT2D eigenvalue weighted by molar-refractivity contribution is -0.137. The molecule has 0 spiro atoms. The van der Waals surface area contributed by atoms with Gasteiger partial charge >= 0.3 is 5.97 Å². The van der Waals surface area contributed by atoms with E-state index in [4.69, 9.17) is 14.6 Å². The molecule has 8 heteroatoms. The summed E-state index contributed by atoms with van der Waals surface area (Å²) >= 11 is 0.823. The number of rotatable bonds is 7. The van der Waals surface area contributed by atoms with Crippen LogP contribution in [0.2, 0.25) is 0 Å². The first-order chi connectivity index (χ1) is 11.5. The number of carbonyl (C=O) groups excluding carboxylic acids is 2. The van der Waals surface area contributed by atoms with Crippen molar-refractivity contribution in [1.29, 1.82) is 0 Å². The van der Waals surface area contributed by atoms with Gasteiger partial charge < -0.3 is 14.6 Å². The van der Waals surface area contributed by atoms with Crippen molar-refractivity contribution in [2.45, 2.75) is 12.8 Å². The van der Waals surface area contributed by atoms with Crippen molar-refractivity contribution >= 4 is 35.0 Å². The predicted octanol–water partition coefficient (Wildman–Crippen LogP) is 2.60. The van der Waals surface area contributed by atoms with Crippen LogP contribution in [-0.2, 0) is 9.59 Å². The average Bonchev–Trinajstić information content (AvgIpc) is 2.81. The van der Waals surface area contributed by atoms with Gasteiger partial charge in [0.25, 0.3) is 11.1 Å². The Morgan fingerprint density at radius 2 is 2.04 bits per heavy atom. The number of benzene rings is 1. The first kappa shape index (κ1) is 17.9. The maximum absolute atomic E-state index is 12.3. The molecule has 0 radical (unpaired) electrons. The van der Waals surface area contributed by atoms with Gasteiger partial charge in [0.2, 0.25) is 0 Å². The highest BCUT2D eigenvalue weighted by Gasteiger charge is 2.34. The van der Waals surface area contributed by atoms with E-state index in [9.17, 15) is 14.4 Å². The van der Waals surface area contributed by atoms with Crippen molar-refractivity contribution in [3.05, 3.63) is 28.7 Å². The molecular formula is C16H17NO6S. The van der Waals surface area contributed by atoms with Gasteiger partial charge in [-0.3, -0.25) is 19.3 Å². The van der Waals surface area contributed by atoms with Crippen LogP contribution in [0, 0.1) is 0 Å². The monoisotopic (exact) mass is 351 g/mol. The molecule has 2 amide bonds. The van der Waals surface area contributed by atoms with E-state index in [2.05, 4.69) is 0 Å². The second-order valence-corrected chi connectivity index (χ2v) is 5.93. The maximum Gasteiger partial charge on any atom is 0.303 e. The molecule has 1 aromatic rings. The smallest absolute Gasteiger partial charge is 0.303 e. The van der Waals surface area contributed by atoms with Gasteiger partial charge in [0.1, 0.15) is 11.5 Å². The first-order valence-corrected chi connectivity index (χ1v) is 7.97. The number of carboxylic acids is 1. The zero-order chi connectivity index (χ0) is 17.7. The third-order valence-corrected chi connectivity index (χ3v) is 4.28. The summed E-state index contributed by atoms with van der Waals surface area (Å²) in [5.41, 5.74) is 0.618. The lowest BCUT2D eigenvalue weighted by Crippen LogP contribution is -2.29. The summed E-state index contributed by atoms with van der Waals surface area (Å²) in [6.07, 6.45) is 1.71. The number of thioether (sulfide) groups is 1. The minimum Gasteiger partial charge on any atom is -0.497 e. The fourth-order valence-corrected chi connectivity index (χ4v) is 3.03. The Bertz CT molecular complexity index is 700. The molecule has 24 heavy (non-hydrogen) atoms. The molecule has 0 bridgehead atoms. The summed E-state index contributed by atoms with van der Waals surface area (Å²) in [7, 11) is 3.04. The molecule has 1 N–H and O–H groups in total. The van der Waals surface area contributed by atoms with Gasteiger partial charge in [-0.1, -0.05) is 0 Å². The Morgan fingerprint density at radius 1 is 1.29 bits per heavy atom. The van der Waals surface area contributed by atoms with E-state index < -0.39 is 17.1 Å². The van der Waals surface area contributed by atoms with E-state index in [0.29, 0.717) is 17.1 Å².